The van der Waals surface area contributed by atoms with Gasteiger partial charge in [0.25, 0.3) is 5.69 Å². The van der Waals surface area contributed by atoms with Gasteiger partial charge in [0.05, 0.1) is 10.6 Å². The Bertz CT molecular complexity index is 432. The summed E-state index contributed by atoms with van der Waals surface area (Å²) >= 11 is 0. The number of nitro benzene ring substituents is 1. The Morgan fingerprint density at radius 3 is 2.93 bits per heavy atom. The van der Waals surface area contributed by atoms with Gasteiger partial charge in [0.1, 0.15) is 11.8 Å². The molecule has 0 aliphatic rings. The lowest BCUT2D eigenvalue weighted by Crippen LogP contribution is -1.87. The molecule has 0 heterocycles. The minimum absolute atomic E-state index is 0.0306. The molecule has 0 spiro atoms. The van der Waals surface area contributed by atoms with Crippen LogP contribution in [-0.2, 0) is 0 Å². The molecule has 5 nitrogen and oxygen atoms in total. The molecule has 0 saturated carbocycles. The lowest BCUT2D eigenvalue weighted by molar-refractivity contribution is -0.384. The van der Waals surface area contributed by atoms with Gasteiger partial charge in [0, 0.05) is 12.1 Å². The fourth-order valence-electron chi connectivity index (χ4n) is 0.895. The number of non-ortho nitro benzene ring substituents is 1. The van der Waals surface area contributed by atoms with Crippen LogP contribution in [0, 0.1) is 21.4 Å². The number of rotatable bonds is 2. The first-order valence-electron chi connectivity index (χ1n) is 3.83. The van der Waals surface area contributed by atoms with E-state index in [4.69, 9.17) is 5.26 Å². The van der Waals surface area contributed by atoms with Crippen LogP contribution in [0.3, 0.4) is 0 Å². The fraction of sp³-hybridized carbons (Fsp3) is 0.111. The van der Waals surface area contributed by atoms with Crippen molar-refractivity contribution in [1.29, 1.82) is 5.26 Å². The predicted molar refractivity (Wildman–Crippen MR) is 51.5 cm³/mol. The topological polar surface area (TPSA) is 79.3 Å². The van der Waals surface area contributed by atoms with Crippen molar-refractivity contribution in [2.45, 2.75) is 6.92 Å². The Morgan fingerprint density at radius 2 is 2.36 bits per heavy atom. The molecule has 70 valence electrons. The van der Waals surface area contributed by atoms with E-state index in [1.54, 1.807) is 13.0 Å². The van der Waals surface area contributed by atoms with Crippen LogP contribution in [-0.4, -0.2) is 10.6 Å². The Hall–Kier alpha value is -2.22. The Balaban J connectivity index is 3.08. The number of hydrogen-bond donors (Lipinski definition) is 0. The normalized spacial score (nSPS) is 10.7. The molecule has 0 aliphatic heterocycles. The third-order valence-corrected chi connectivity index (χ3v) is 1.50. The van der Waals surface area contributed by atoms with Crippen LogP contribution in [0.25, 0.3) is 0 Å². The first-order chi connectivity index (χ1) is 6.63. The SMILES string of the molecule is CC(C#N)=Nc1cccc([N+](=O)[O-])c1. The molecular weight excluding hydrogens is 182 g/mol. The summed E-state index contributed by atoms with van der Waals surface area (Å²) in [4.78, 5) is 13.8. The lowest BCUT2D eigenvalue weighted by atomic mass is 10.3. The van der Waals surface area contributed by atoms with E-state index >= 15 is 0 Å². The third kappa shape index (κ3) is 2.38. The highest BCUT2D eigenvalue weighted by Gasteiger charge is 2.04. The fourth-order valence-corrected chi connectivity index (χ4v) is 0.895. The molecule has 0 aromatic heterocycles. The summed E-state index contributed by atoms with van der Waals surface area (Å²) in [6.07, 6.45) is 0. The Kier molecular flexibility index (Phi) is 2.92. The van der Waals surface area contributed by atoms with Crippen LogP contribution < -0.4 is 0 Å². The van der Waals surface area contributed by atoms with E-state index in [2.05, 4.69) is 4.99 Å². The van der Waals surface area contributed by atoms with Crippen molar-refractivity contribution in [2.75, 3.05) is 0 Å². The zero-order chi connectivity index (χ0) is 10.6. The number of benzene rings is 1. The van der Waals surface area contributed by atoms with Crippen molar-refractivity contribution < 1.29 is 4.92 Å². The molecule has 0 bridgehead atoms. The average Bonchev–Trinajstić information content (AvgIpc) is 2.18. The van der Waals surface area contributed by atoms with Gasteiger partial charge in [-0.2, -0.15) is 5.26 Å². The minimum Gasteiger partial charge on any atom is -0.258 e. The monoisotopic (exact) mass is 189 g/mol. The molecule has 0 radical (unpaired) electrons. The van der Waals surface area contributed by atoms with Crippen LogP contribution in [0.1, 0.15) is 6.92 Å². The van der Waals surface area contributed by atoms with Gasteiger partial charge in [-0.25, -0.2) is 4.99 Å². The summed E-state index contributed by atoms with van der Waals surface area (Å²) in [6, 6.07) is 7.67. The van der Waals surface area contributed by atoms with Crippen LogP contribution >= 0.6 is 0 Å². The summed E-state index contributed by atoms with van der Waals surface area (Å²) in [5, 5.41) is 18.9. The Labute approximate surface area is 80.5 Å². The molecule has 0 fully saturated rings. The number of hydrogen-bond acceptors (Lipinski definition) is 4. The number of aliphatic imine (C=N–C) groups is 1. The molecule has 5 heteroatoms. The smallest absolute Gasteiger partial charge is 0.258 e. The Morgan fingerprint density at radius 1 is 1.64 bits per heavy atom. The largest absolute Gasteiger partial charge is 0.271 e. The zero-order valence-corrected chi connectivity index (χ0v) is 7.47. The predicted octanol–water partition coefficient (Wildman–Crippen LogP) is 2.21. The van der Waals surface area contributed by atoms with Gasteiger partial charge in [-0.3, -0.25) is 10.1 Å². The molecule has 1 aromatic rings. The van der Waals surface area contributed by atoms with Crippen molar-refractivity contribution in [2.24, 2.45) is 4.99 Å². The summed E-state index contributed by atoms with van der Waals surface area (Å²) < 4.78 is 0. The van der Waals surface area contributed by atoms with Crippen molar-refractivity contribution in [3.05, 3.63) is 34.4 Å². The van der Waals surface area contributed by atoms with Crippen molar-refractivity contribution in [1.82, 2.24) is 0 Å². The quantitative estimate of drug-likeness (QED) is 0.406. The van der Waals surface area contributed by atoms with Gasteiger partial charge in [0.2, 0.25) is 0 Å². The van der Waals surface area contributed by atoms with E-state index in [1.165, 1.54) is 18.2 Å². The van der Waals surface area contributed by atoms with Crippen LogP contribution in [0.2, 0.25) is 0 Å². The second-order valence-corrected chi connectivity index (χ2v) is 2.59. The van der Waals surface area contributed by atoms with Crippen molar-refractivity contribution >= 4 is 17.1 Å². The molecule has 0 N–H and O–H groups in total. The first kappa shape index (κ1) is 9.86. The second kappa shape index (κ2) is 4.14. The van der Waals surface area contributed by atoms with Crippen molar-refractivity contribution in [3.8, 4) is 6.07 Å². The molecule has 0 saturated heterocycles. The molecule has 14 heavy (non-hydrogen) atoms. The summed E-state index contributed by atoms with van der Waals surface area (Å²) in [7, 11) is 0. The van der Waals surface area contributed by atoms with Crippen LogP contribution in [0.5, 0.6) is 0 Å². The van der Waals surface area contributed by atoms with Crippen molar-refractivity contribution in [3.63, 3.8) is 0 Å². The van der Waals surface area contributed by atoms with E-state index in [0.29, 0.717) is 5.69 Å². The first-order valence-corrected chi connectivity index (χ1v) is 3.83. The molecule has 0 amide bonds. The molecule has 1 aromatic carbocycles. The summed E-state index contributed by atoms with van der Waals surface area (Å²) in [5.41, 5.74) is 0.653. The van der Waals surface area contributed by atoms with E-state index < -0.39 is 4.92 Å². The summed E-state index contributed by atoms with van der Waals surface area (Å²) in [6.45, 7) is 1.54. The highest BCUT2D eigenvalue weighted by Crippen LogP contribution is 2.19. The molecular formula is C9H7N3O2. The van der Waals surface area contributed by atoms with Gasteiger partial charge in [-0.1, -0.05) is 6.07 Å². The lowest BCUT2D eigenvalue weighted by Gasteiger charge is -1.93. The number of nitriles is 1. The average molecular weight is 189 g/mol. The third-order valence-electron chi connectivity index (χ3n) is 1.50. The maximum atomic E-state index is 10.4. The maximum Gasteiger partial charge on any atom is 0.271 e. The molecule has 0 unspecified atom stereocenters. The highest BCUT2D eigenvalue weighted by atomic mass is 16.6. The standard InChI is InChI=1S/C9H7N3O2/c1-7(6-10)11-8-3-2-4-9(5-8)12(13)14/h2-5H,1H3. The maximum absolute atomic E-state index is 10.4. The van der Waals surface area contributed by atoms with Gasteiger partial charge >= 0.3 is 0 Å². The van der Waals surface area contributed by atoms with E-state index in [9.17, 15) is 10.1 Å². The van der Waals surface area contributed by atoms with E-state index in [0.717, 1.165) is 0 Å². The summed E-state index contributed by atoms with van der Waals surface area (Å²) in [5.74, 6) is 0. The second-order valence-electron chi connectivity index (χ2n) is 2.59. The van der Waals surface area contributed by atoms with E-state index in [1.807, 2.05) is 6.07 Å². The van der Waals surface area contributed by atoms with E-state index in [-0.39, 0.29) is 11.4 Å². The van der Waals surface area contributed by atoms with Gasteiger partial charge in [-0.05, 0) is 13.0 Å². The molecule has 1 rings (SSSR count). The van der Waals surface area contributed by atoms with Gasteiger partial charge < -0.3 is 0 Å². The molecule has 0 aliphatic carbocycles. The minimum atomic E-state index is -0.499. The van der Waals surface area contributed by atoms with Gasteiger partial charge in [0.15, 0.2) is 0 Å². The molecule has 0 atom stereocenters. The van der Waals surface area contributed by atoms with Crippen LogP contribution in [0.4, 0.5) is 11.4 Å². The zero-order valence-electron chi connectivity index (χ0n) is 7.47. The number of nitrogens with zero attached hydrogens (tertiary/aromatic N) is 3. The number of nitro groups is 1. The van der Waals surface area contributed by atoms with Gasteiger partial charge in [-0.15, -0.1) is 0 Å². The highest BCUT2D eigenvalue weighted by molar-refractivity contribution is 5.98. The van der Waals surface area contributed by atoms with Crippen LogP contribution in [0.15, 0.2) is 29.3 Å².